The molecule has 246 valence electrons. The minimum absolute atomic E-state index is 0.0909. The van der Waals surface area contributed by atoms with Crippen LogP contribution in [0.5, 0.6) is 23.0 Å². The summed E-state index contributed by atoms with van der Waals surface area (Å²) in [5.41, 5.74) is -0.229. The molecule has 0 unspecified atom stereocenters. The van der Waals surface area contributed by atoms with Crippen molar-refractivity contribution in [2.45, 2.75) is 51.9 Å². The molecule has 12 heteroatoms. The van der Waals surface area contributed by atoms with Gasteiger partial charge in [0.05, 0.1) is 18.7 Å². The minimum Gasteiger partial charge on any atom is -0.490 e. The summed E-state index contributed by atoms with van der Waals surface area (Å²) in [6, 6.07) is 14.3. The summed E-state index contributed by atoms with van der Waals surface area (Å²) in [4.78, 5) is 41.0. The standard InChI is InChI=1S/C35H35F2N3O7/c1-2-45-30-20-25-27(21-31(30)46-18-6-4-3-5-7-32(41)42)38-17-14-28(25)47-29-13-12-24(19-26(29)37)40-34(44)35(15-16-35)33(43)39-23-10-8-22(36)9-11-23/h8-14,17,19-21H,2-7,15-16,18H2,1H3,(H,39,43)(H,40,44)(H,41,42). The number of fused-ring (bicyclic) bond motifs is 1. The minimum atomic E-state index is -1.29. The van der Waals surface area contributed by atoms with Crippen LogP contribution < -0.4 is 24.8 Å². The molecule has 1 fully saturated rings. The topological polar surface area (TPSA) is 136 Å². The number of aromatic nitrogens is 1. The van der Waals surface area contributed by atoms with Gasteiger partial charge in [0.25, 0.3) is 0 Å². The van der Waals surface area contributed by atoms with Crippen molar-refractivity contribution in [2.24, 2.45) is 5.41 Å². The first-order chi connectivity index (χ1) is 22.7. The number of aliphatic carboxylic acids is 1. The number of nitrogens with zero attached hydrogens (tertiary/aromatic N) is 1. The van der Waals surface area contributed by atoms with Crippen molar-refractivity contribution in [3.05, 3.63) is 78.5 Å². The number of hydrogen-bond acceptors (Lipinski definition) is 7. The first kappa shape index (κ1) is 33.1. The van der Waals surface area contributed by atoms with E-state index in [0.717, 1.165) is 25.3 Å². The van der Waals surface area contributed by atoms with E-state index in [2.05, 4.69) is 15.6 Å². The molecule has 10 nitrogen and oxygen atoms in total. The highest BCUT2D eigenvalue weighted by Gasteiger charge is 2.56. The van der Waals surface area contributed by atoms with Crippen molar-refractivity contribution in [3.8, 4) is 23.0 Å². The fraction of sp³-hybridized carbons (Fsp3) is 0.314. The predicted octanol–water partition coefficient (Wildman–Crippen LogP) is 7.48. The van der Waals surface area contributed by atoms with Gasteiger partial charge in [-0.05, 0) is 81.1 Å². The highest BCUT2D eigenvalue weighted by molar-refractivity contribution is 6.16. The summed E-state index contributed by atoms with van der Waals surface area (Å²) in [6.45, 7) is 2.64. The van der Waals surface area contributed by atoms with Gasteiger partial charge in [-0.25, -0.2) is 8.78 Å². The van der Waals surface area contributed by atoms with Gasteiger partial charge in [-0.3, -0.25) is 19.4 Å². The van der Waals surface area contributed by atoms with Gasteiger partial charge in [0.1, 0.15) is 17.0 Å². The van der Waals surface area contributed by atoms with E-state index in [1.54, 1.807) is 18.2 Å². The molecule has 0 bridgehead atoms. The highest BCUT2D eigenvalue weighted by Crippen LogP contribution is 2.47. The molecule has 0 saturated heterocycles. The van der Waals surface area contributed by atoms with E-state index in [-0.39, 0.29) is 17.9 Å². The Balaban J connectivity index is 1.24. The molecule has 1 aromatic heterocycles. The van der Waals surface area contributed by atoms with E-state index in [1.165, 1.54) is 42.6 Å². The lowest BCUT2D eigenvalue weighted by atomic mass is 10.0. The number of hydrogen-bond donors (Lipinski definition) is 3. The number of ether oxygens (including phenoxy) is 3. The number of halogens is 2. The largest absolute Gasteiger partial charge is 0.490 e. The quantitative estimate of drug-likeness (QED) is 0.0842. The van der Waals surface area contributed by atoms with Crippen LogP contribution in [-0.2, 0) is 14.4 Å². The van der Waals surface area contributed by atoms with Gasteiger partial charge in [0.2, 0.25) is 11.8 Å². The number of unbranched alkanes of at least 4 members (excludes halogenated alkanes) is 3. The van der Waals surface area contributed by atoms with E-state index < -0.39 is 34.8 Å². The summed E-state index contributed by atoms with van der Waals surface area (Å²) in [5.74, 6) is -1.85. The van der Waals surface area contributed by atoms with Crippen molar-refractivity contribution < 1.29 is 42.5 Å². The summed E-state index contributed by atoms with van der Waals surface area (Å²) in [5, 5.41) is 14.6. The molecule has 3 aromatic carbocycles. The maximum absolute atomic E-state index is 15.3. The smallest absolute Gasteiger partial charge is 0.303 e. The second-order valence-corrected chi connectivity index (χ2v) is 11.2. The maximum Gasteiger partial charge on any atom is 0.303 e. The average molecular weight is 648 g/mol. The number of amides is 2. The second-order valence-electron chi connectivity index (χ2n) is 11.2. The number of anilines is 2. The third kappa shape index (κ3) is 8.32. The fourth-order valence-electron chi connectivity index (χ4n) is 5.01. The first-order valence-electron chi connectivity index (χ1n) is 15.4. The summed E-state index contributed by atoms with van der Waals surface area (Å²) >= 11 is 0. The number of carboxylic acids is 1. The van der Waals surface area contributed by atoms with Crippen LogP contribution in [0.4, 0.5) is 20.2 Å². The zero-order chi connectivity index (χ0) is 33.4. The molecule has 0 atom stereocenters. The van der Waals surface area contributed by atoms with Crippen molar-refractivity contribution in [2.75, 3.05) is 23.8 Å². The van der Waals surface area contributed by atoms with E-state index in [9.17, 15) is 18.8 Å². The summed E-state index contributed by atoms with van der Waals surface area (Å²) < 4.78 is 46.2. The molecule has 0 spiro atoms. The van der Waals surface area contributed by atoms with Crippen LogP contribution in [0.25, 0.3) is 10.9 Å². The normalized spacial score (nSPS) is 13.1. The zero-order valence-electron chi connectivity index (χ0n) is 25.8. The van der Waals surface area contributed by atoms with Crippen LogP contribution >= 0.6 is 0 Å². The molecule has 47 heavy (non-hydrogen) atoms. The Morgan fingerprint density at radius 1 is 0.809 bits per heavy atom. The Morgan fingerprint density at radius 3 is 2.17 bits per heavy atom. The molecule has 0 radical (unpaired) electrons. The predicted molar refractivity (Wildman–Crippen MR) is 171 cm³/mol. The second kappa shape index (κ2) is 14.9. The molecule has 1 heterocycles. The van der Waals surface area contributed by atoms with Crippen LogP contribution in [0.15, 0.2) is 66.9 Å². The fourth-order valence-corrected chi connectivity index (χ4v) is 5.01. The van der Waals surface area contributed by atoms with Crippen LogP contribution in [-0.4, -0.2) is 41.1 Å². The SMILES string of the molecule is CCOc1cc2c(Oc3ccc(NC(=O)C4(C(=O)Nc5ccc(F)cc5)CC4)cc3F)ccnc2cc1OCCCCCCC(=O)O. The molecular weight excluding hydrogens is 612 g/mol. The van der Waals surface area contributed by atoms with Crippen molar-refractivity contribution in [1.29, 1.82) is 0 Å². The lowest BCUT2D eigenvalue weighted by molar-refractivity contribution is -0.137. The molecule has 4 aromatic rings. The number of carboxylic acid groups (broad SMARTS) is 1. The Morgan fingerprint density at radius 2 is 1.49 bits per heavy atom. The van der Waals surface area contributed by atoms with Gasteiger partial charge in [-0.2, -0.15) is 0 Å². The Hall–Kier alpha value is -5.26. The number of pyridine rings is 1. The summed E-state index contributed by atoms with van der Waals surface area (Å²) in [7, 11) is 0. The molecule has 1 saturated carbocycles. The first-order valence-corrected chi connectivity index (χ1v) is 15.4. The monoisotopic (exact) mass is 647 g/mol. The number of carbonyl (C=O) groups is 3. The Bertz CT molecular complexity index is 1760. The van der Waals surface area contributed by atoms with E-state index >= 15 is 4.39 Å². The molecule has 0 aliphatic heterocycles. The zero-order valence-corrected chi connectivity index (χ0v) is 25.8. The van der Waals surface area contributed by atoms with Crippen LogP contribution in [0, 0.1) is 17.0 Å². The molecule has 1 aliphatic rings. The third-order valence-corrected chi connectivity index (χ3v) is 7.74. The van der Waals surface area contributed by atoms with Gasteiger partial charge in [0, 0.05) is 41.5 Å². The van der Waals surface area contributed by atoms with Gasteiger partial charge in [-0.15, -0.1) is 0 Å². The van der Waals surface area contributed by atoms with Gasteiger partial charge < -0.3 is 30.0 Å². The van der Waals surface area contributed by atoms with Gasteiger partial charge in [-0.1, -0.05) is 12.8 Å². The van der Waals surface area contributed by atoms with Crippen molar-refractivity contribution in [1.82, 2.24) is 4.98 Å². The van der Waals surface area contributed by atoms with Crippen molar-refractivity contribution >= 4 is 40.1 Å². The maximum atomic E-state index is 15.3. The van der Waals surface area contributed by atoms with Crippen LogP contribution in [0.2, 0.25) is 0 Å². The van der Waals surface area contributed by atoms with Gasteiger partial charge in [0.15, 0.2) is 23.1 Å². The lowest BCUT2D eigenvalue weighted by Gasteiger charge is -2.16. The molecule has 1 aliphatic carbocycles. The highest BCUT2D eigenvalue weighted by atomic mass is 19.1. The molecule has 2 amide bonds. The Kier molecular flexibility index (Phi) is 10.5. The van der Waals surface area contributed by atoms with E-state index in [0.29, 0.717) is 66.3 Å². The van der Waals surface area contributed by atoms with E-state index in [4.69, 9.17) is 19.3 Å². The van der Waals surface area contributed by atoms with Crippen LogP contribution in [0.3, 0.4) is 0 Å². The number of benzene rings is 3. The van der Waals surface area contributed by atoms with E-state index in [1.807, 2.05) is 6.92 Å². The number of rotatable bonds is 16. The summed E-state index contributed by atoms with van der Waals surface area (Å²) in [6.07, 6.45) is 5.35. The number of nitrogens with one attached hydrogen (secondary N) is 2. The van der Waals surface area contributed by atoms with Crippen molar-refractivity contribution in [3.63, 3.8) is 0 Å². The van der Waals surface area contributed by atoms with Gasteiger partial charge >= 0.3 is 5.97 Å². The molecule has 5 rings (SSSR count). The Labute approximate surface area is 270 Å². The molecular formula is C35H35F2N3O7. The van der Waals surface area contributed by atoms with Crippen LogP contribution in [0.1, 0.15) is 51.9 Å². The third-order valence-electron chi connectivity index (χ3n) is 7.74. The lowest BCUT2D eigenvalue weighted by Crippen LogP contribution is -2.35. The molecule has 3 N–H and O–H groups in total. The average Bonchev–Trinajstić information content (AvgIpc) is 3.86. The number of carbonyl (C=O) groups excluding carboxylic acids is 2.